The summed E-state index contributed by atoms with van der Waals surface area (Å²) in [4.78, 5) is 4.40. The first-order valence-corrected chi connectivity index (χ1v) is 6.67. The summed E-state index contributed by atoms with van der Waals surface area (Å²) in [6, 6.07) is 8.36. The fourth-order valence-corrected chi connectivity index (χ4v) is 2.43. The van der Waals surface area contributed by atoms with Crippen molar-refractivity contribution in [1.82, 2.24) is 9.38 Å². The molecule has 0 unspecified atom stereocenters. The molecule has 102 valence electrons. The molecule has 2 aromatic heterocycles. The molecule has 0 aliphatic heterocycles. The highest BCUT2D eigenvalue weighted by atomic mass is 79.9. The van der Waals surface area contributed by atoms with E-state index in [1.54, 1.807) is 42.0 Å². The van der Waals surface area contributed by atoms with Gasteiger partial charge >= 0.3 is 0 Å². The minimum Gasteiger partial charge on any atom is -0.493 e. The Morgan fingerprint density at radius 1 is 1.35 bits per heavy atom. The van der Waals surface area contributed by atoms with Gasteiger partial charge in [-0.3, -0.25) is 4.40 Å². The Kier molecular flexibility index (Phi) is 3.10. The Balaban J connectivity index is 2.29. The maximum atomic E-state index is 14.1. The first-order chi connectivity index (χ1) is 9.61. The zero-order chi connectivity index (χ0) is 14.3. The Hall–Kier alpha value is -2.08. The van der Waals surface area contributed by atoms with Crippen LogP contribution in [0.25, 0.3) is 16.9 Å². The third kappa shape index (κ3) is 1.92. The molecule has 4 nitrogen and oxygen atoms in total. The second-order valence-electron chi connectivity index (χ2n) is 4.24. The Bertz CT molecular complexity index is 800. The number of halogens is 2. The van der Waals surface area contributed by atoms with Crippen LogP contribution in [0.1, 0.15) is 0 Å². The number of fused-ring (bicyclic) bond motifs is 1. The number of nitrogen functional groups attached to an aromatic ring is 1. The topological polar surface area (TPSA) is 52.5 Å². The van der Waals surface area contributed by atoms with Gasteiger partial charge in [0.25, 0.3) is 0 Å². The second kappa shape index (κ2) is 4.79. The van der Waals surface area contributed by atoms with Crippen LogP contribution in [0.3, 0.4) is 0 Å². The van der Waals surface area contributed by atoms with Crippen LogP contribution in [-0.2, 0) is 0 Å². The van der Waals surface area contributed by atoms with Crippen molar-refractivity contribution in [2.75, 3.05) is 12.8 Å². The van der Waals surface area contributed by atoms with E-state index in [9.17, 15) is 4.39 Å². The molecule has 1 aromatic carbocycles. The minimum atomic E-state index is -0.381. The average molecular weight is 336 g/mol. The standard InChI is InChI=1S/C14H11BrFN3O/c1-20-11-3-2-6-19-13(17)12(18-14(11)19)9-5-4-8(15)7-10(9)16/h2-7H,17H2,1H3. The van der Waals surface area contributed by atoms with Crippen molar-refractivity contribution in [3.05, 3.63) is 46.8 Å². The zero-order valence-electron chi connectivity index (χ0n) is 10.6. The summed E-state index contributed by atoms with van der Waals surface area (Å²) in [6.45, 7) is 0. The van der Waals surface area contributed by atoms with E-state index in [1.807, 2.05) is 0 Å². The molecule has 3 aromatic rings. The molecule has 0 spiro atoms. The van der Waals surface area contributed by atoms with E-state index >= 15 is 0 Å². The molecule has 20 heavy (non-hydrogen) atoms. The van der Waals surface area contributed by atoms with E-state index in [0.29, 0.717) is 32.9 Å². The van der Waals surface area contributed by atoms with Gasteiger partial charge in [-0.2, -0.15) is 0 Å². The van der Waals surface area contributed by atoms with Crippen LogP contribution in [0, 0.1) is 5.82 Å². The van der Waals surface area contributed by atoms with Crippen LogP contribution in [0.4, 0.5) is 10.2 Å². The van der Waals surface area contributed by atoms with E-state index in [-0.39, 0.29) is 5.82 Å². The molecule has 0 aliphatic rings. The number of hydrogen-bond donors (Lipinski definition) is 1. The summed E-state index contributed by atoms with van der Waals surface area (Å²) in [5, 5.41) is 0. The van der Waals surface area contributed by atoms with Crippen molar-refractivity contribution in [3.8, 4) is 17.0 Å². The van der Waals surface area contributed by atoms with E-state index in [0.717, 1.165) is 0 Å². The largest absolute Gasteiger partial charge is 0.493 e. The number of nitrogens with zero attached hydrogens (tertiary/aromatic N) is 2. The second-order valence-corrected chi connectivity index (χ2v) is 5.16. The molecule has 0 saturated heterocycles. The number of ether oxygens (including phenoxy) is 1. The highest BCUT2D eigenvalue weighted by Gasteiger charge is 2.17. The lowest BCUT2D eigenvalue weighted by molar-refractivity contribution is 0.417. The summed E-state index contributed by atoms with van der Waals surface area (Å²) in [6.07, 6.45) is 1.76. The maximum Gasteiger partial charge on any atom is 0.181 e. The lowest BCUT2D eigenvalue weighted by Crippen LogP contribution is -1.95. The smallest absolute Gasteiger partial charge is 0.181 e. The fourth-order valence-electron chi connectivity index (χ4n) is 2.10. The monoisotopic (exact) mass is 335 g/mol. The summed E-state index contributed by atoms with van der Waals surface area (Å²) < 4.78 is 21.6. The summed E-state index contributed by atoms with van der Waals surface area (Å²) in [7, 11) is 1.56. The number of anilines is 1. The van der Waals surface area contributed by atoms with Crippen LogP contribution < -0.4 is 10.5 Å². The maximum absolute atomic E-state index is 14.1. The van der Waals surface area contributed by atoms with Crippen LogP contribution in [-0.4, -0.2) is 16.5 Å². The highest BCUT2D eigenvalue weighted by Crippen LogP contribution is 2.32. The van der Waals surface area contributed by atoms with Gasteiger partial charge < -0.3 is 10.5 Å². The van der Waals surface area contributed by atoms with Crippen molar-refractivity contribution in [2.45, 2.75) is 0 Å². The molecule has 3 rings (SSSR count). The SMILES string of the molecule is COc1cccn2c(N)c(-c3ccc(Br)cc3F)nc12. The van der Waals surface area contributed by atoms with Crippen LogP contribution in [0.5, 0.6) is 5.75 Å². The third-order valence-corrected chi connectivity index (χ3v) is 3.55. The van der Waals surface area contributed by atoms with E-state index < -0.39 is 0 Å². The first-order valence-electron chi connectivity index (χ1n) is 5.88. The van der Waals surface area contributed by atoms with E-state index in [1.165, 1.54) is 6.07 Å². The lowest BCUT2D eigenvalue weighted by atomic mass is 10.1. The molecule has 0 radical (unpaired) electrons. The molecule has 2 heterocycles. The van der Waals surface area contributed by atoms with E-state index in [2.05, 4.69) is 20.9 Å². The number of methoxy groups -OCH3 is 1. The van der Waals surface area contributed by atoms with Gasteiger partial charge in [0, 0.05) is 16.2 Å². The quantitative estimate of drug-likeness (QED) is 0.779. The first kappa shape index (κ1) is 12.9. The van der Waals surface area contributed by atoms with Gasteiger partial charge in [0.15, 0.2) is 11.4 Å². The lowest BCUT2D eigenvalue weighted by Gasteiger charge is -2.02. The molecule has 0 atom stereocenters. The summed E-state index contributed by atoms with van der Waals surface area (Å²) in [5.41, 5.74) is 7.39. The average Bonchev–Trinajstić information content (AvgIpc) is 2.76. The van der Waals surface area contributed by atoms with Crippen LogP contribution in [0.15, 0.2) is 41.0 Å². The van der Waals surface area contributed by atoms with Crippen molar-refractivity contribution >= 4 is 27.4 Å². The number of imidazole rings is 1. The molecule has 0 amide bonds. The summed E-state index contributed by atoms with van der Waals surface area (Å²) in [5.74, 6) is 0.580. The van der Waals surface area contributed by atoms with Gasteiger partial charge in [0.1, 0.15) is 17.3 Å². The third-order valence-electron chi connectivity index (χ3n) is 3.06. The molecule has 0 bridgehead atoms. The van der Waals surface area contributed by atoms with Crippen molar-refractivity contribution in [2.24, 2.45) is 0 Å². The molecular weight excluding hydrogens is 325 g/mol. The number of hydrogen-bond acceptors (Lipinski definition) is 3. The van der Waals surface area contributed by atoms with Gasteiger partial charge in [-0.1, -0.05) is 15.9 Å². The molecule has 0 aliphatic carbocycles. The van der Waals surface area contributed by atoms with Crippen LogP contribution in [0.2, 0.25) is 0 Å². The van der Waals surface area contributed by atoms with Crippen LogP contribution >= 0.6 is 15.9 Å². The Morgan fingerprint density at radius 3 is 2.85 bits per heavy atom. The van der Waals surface area contributed by atoms with Gasteiger partial charge in [-0.15, -0.1) is 0 Å². The molecule has 0 fully saturated rings. The number of aromatic nitrogens is 2. The normalized spacial score (nSPS) is 10.9. The highest BCUT2D eigenvalue weighted by molar-refractivity contribution is 9.10. The predicted molar refractivity (Wildman–Crippen MR) is 79.3 cm³/mol. The summed E-state index contributed by atoms with van der Waals surface area (Å²) >= 11 is 3.23. The number of benzene rings is 1. The molecule has 0 saturated carbocycles. The van der Waals surface area contributed by atoms with Gasteiger partial charge in [-0.05, 0) is 30.3 Å². The fraction of sp³-hybridized carbons (Fsp3) is 0.0714. The Labute approximate surface area is 123 Å². The van der Waals surface area contributed by atoms with Crippen molar-refractivity contribution < 1.29 is 9.13 Å². The predicted octanol–water partition coefficient (Wildman–Crippen LogP) is 3.49. The number of pyridine rings is 1. The zero-order valence-corrected chi connectivity index (χ0v) is 12.2. The molecule has 2 N–H and O–H groups in total. The van der Waals surface area contributed by atoms with Crippen molar-refractivity contribution in [1.29, 1.82) is 0 Å². The number of nitrogens with two attached hydrogens (primary N) is 1. The van der Waals surface area contributed by atoms with Gasteiger partial charge in [0.2, 0.25) is 0 Å². The van der Waals surface area contributed by atoms with E-state index in [4.69, 9.17) is 10.5 Å². The van der Waals surface area contributed by atoms with Gasteiger partial charge in [-0.25, -0.2) is 9.37 Å². The Morgan fingerprint density at radius 2 is 2.15 bits per heavy atom. The molecular formula is C14H11BrFN3O. The number of rotatable bonds is 2. The molecule has 6 heteroatoms. The van der Waals surface area contributed by atoms with Crippen molar-refractivity contribution in [3.63, 3.8) is 0 Å². The van der Waals surface area contributed by atoms with Gasteiger partial charge in [0.05, 0.1) is 7.11 Å². The minimum absolute atomic E-state index is 0.358.